The van der Waals surface area contributed by atoms with Crippen LogP contribution in [0.4, 0.5) is 0 Å². The summed E-state index contributed by atoms with van der Waals surface area (Å²) < 4.78 is 0. The molecule has 6 heteroatoms. The molecular formula is C15H28ClN3O2. The molecule has 0 aromatic heterocycles. The first-order valence-corrected chi connectivity index (χ1v) is 7.92. The highest BCUT2D eigenvalue weighted by Crippen LogP contribution is 2.27. The van der Waals surface area contributed by atoms with Gasteiger partial charge in [0.15, 0.2) is 0 Å². The Morgan fingerprint density at radius 1 is 1.14 bits per heavy atom. The van der Waals surface area contributed by atoms with Crippen molar-refractivity contribution in [2.45, 2.75) is 39.0 Å². The molecule has 2 fully saturated rings. The van der Waals surface area contributed by atoms with Crippen molar-refractivity contribution in [3.05, 3.63) is 0 Å². The lowest BCUT2D eigenvalue weighted by Gasteiger charge is -2.31. The van der Waals surface area contributed by atoms with Crippen molar-refractivity contribution in [3.63, 3.8) is 0 Å². The summed E-state index contributed by atoms with van der Waals surface area (Å²) in [7, 11) is 0. The zero-order valence-corrected chi connectivity index (χ0v) is 13.6. The van der Waals surface area contributed by atoms with Gasteiger partial charge in [0.25, 0.3) is 0 Å². The minimum atomic E-state index is 0. The lowest BCUT2D eigenvalue weighted by molar-refractivity contribution is -0.127. The second-order valence-corrected chi connectivity index (χ2v) is 6.20. The average molecular weight is 318 g/mol. The van der Waals surface area contributed by atoms with Crippen molar-refractivity contribution >= 4 is 24.2 Å². The standard InChI is InChI=1S/C15H27N3O2.ClH/c1-11(13-9-16-10-13)15(20)18-7-6-17-14(19)8-12-4-2-3-5-12;/h11-13,16H,2-10H2,1H3,(H,17,19)(H,18,20);1H. The third-order valence-electron chi connectivity index (χ3n) is 4.63. The molecule has 2 rings (SSSR count). The van der Waals surface area contributed by atoms with E-state index in [2.05, 4.69) is 16.0 Å². The second kappa shape index (κ2) is 9.26. The number of rotatable bonds is 7. The topological polar surface area (TPSA) is 70.2 Å². The maximum atomic E-state index is 11.8. The minimum absolute atomic E-state index is 0. The Hall–Kier alpha value is -0.810. The lowest BCUT2D eigenvalue weighted by Crippen LogP contribution is -2.50. The molecule has 122 valence electrons. The van der Waals surface area contributed by atoms with E-state index in [1.165, 1.54) is 25.7 Å². The second-order valence-electron chi connectivity index (χ2n) is 6.20. The highest BCUT2D eigenvalue weighted by Gasteiger charge is 2.28. The van der Waals surface area contributed by atoms with Crippen LogP contribution in [-0.4, -0.2) is 38.0 Å². The molecule has 2 amide bonds. The molecule has 1 saturated heterocycles. The summed E-state index contributed by atoms with van der Waals surface area (Å²) in [6.45, 7) is 4.91. The third-order valence-corrected chi connectivity index (χ3v) is 4.63. The van der Waals surface area contributed by atoms with Gasteiger partial charge in [0.2, 0.25) is 11.8 Å². The van der Waals surface area contributed by atoms with Crippen molar-refractivity contribution < 1.29 is 9.59 Å². The Kier molecular flexibility index (Phi) is 8.04. The Bertz CT molecular complexity index is 342. The Labute approximate surface area is 133 Å². The normalized spacial score (nSPS) is 20.2. The van der Waals surface area contributed by atoms with Crippen molar-refractivity contribution in [3.8, 4) is 0 Å². The van der Waals surface area contributed by atoms with Crippen molar-refractivity contribution in [2.75, 3.05) is 26.2 Å². The molecule has 0 spiro atoms. The monoisotopic (exact) mass is 317 g/mol. The van der Waals surface area contributed by atoms with E-state index in [0.717, 1.165) is 13.1 Å². The maximum absolute atomic E-state index is 11.8. The summed E-state index contributed by atoms with van der Waals surface area (Å²) >= 11 is 0. The molecule has 0 aromatic rings. The van der Waals surface area contributed by atoms with Gasteiger partial charge in [-0.25, -0.2) is 0 Å². The van der Waals surface area contributed by atoms with E-state index in [0.29, 0.717) is 31.3 Å². The molecule has 21 heavy (non-hydrogen) atoms. The van der Waals surface area contributed by atoms with Crippen LogP contribution >= 0.6 is 12.4 Å². The van der Waals surface area contributed by atoms with E-state index in [1.807, 2.05) is 6.92 Å². The molecule has 0 bridgehead atoms. The van der Waals surface area contributed by atoms with E-state index in [4.69, 9.17) is 0 Å². The van der Waals surface area contributed by atoms with Crippen molar-refractivity contribution in [1.29, 1.82) is 0 Å². The first-order valence-electron chi connectivity index (χ1n) is 7.92. The first-order chi connectivity index (χ1) is 9.66. The van der Waals surface area contributed by atoms with Gasteiger partial charge in [0.1, 0.15) is 0 Å². The van der Waals surface area contributed by atoms with Gasteiger partial charge in [-0.2, -0.15) is 0 Å². The van der Waals surface area contributed by atoms with Gasteiger partial charge in [-0.1, -0.05) is 19.8 Å². The highest BCUT2D eigenvalue weighted by atomic mass is 35.5. The Morgan fingerprint density at radius 3 is 2.33 bits per heavy atom. The number of halogens is 1. The van der Waals surface area contributed by atoms with Crippen LogP contribution in [0.3, 0.4) is 0 Å². The van der Waals surface area contributed by atoms with Gasteiger partial charge in [-0.3, -0.25) is 9.59 Å². The minimum Gasteiger partial charge on any atom is -0.354 e. The van der Waals surface area contributed by atoms with Gasteiger partial charge in [-0.05, 0) is 37.8 Å². The fraction of sp³-hybridized carbons (Fsp3) is 0.867. The molecule has 0 aromatic carbocycles. The van der Waals surface area contributed by atoms with Gasteiger partial charge in [-0.15, -0.1) is 12.4 Å². The van der Waals surface area contributed by atoms with Crippen LogP contribution in [0, 0.1) is 17.8 Å². The largest absolute Gasteiger partial charge is 0.354 e. The fourth-order valence-corrected chi connectivity index (χ4v) is 2.98. The molecule has 1 atom stereocenters. The van der Waals surface area contributed by atoms with Crippen LogP contribution in [0.15, 0.2) is 0 Å². The quantitative estimate of drug-likeness (QED) is 0.615. The number of carbonyl (C=O) groups is 2. The van der Waals surface area contributed by atoms with Crippen molar-refractivity contribution in [1.82, 2.24) is 16.0 Å². The van der Waals surface area contributed by atoms with Crippen LogP contribution in [-0.2, 0) is 9.59 Å². The van der Waals surface area contributed by atoms with Crippen LogP contribution in [0.25, 0.3) is 0 Å². The SMILES string of the molecule is CC(C(=O)NCCNC(=O)CC1CCCC1)C1CNC1.Cl. The van der Waals surface area contributed by atoms with Crippen molar-refractivity contribution in [2.24, 2.45) is 17.8 Å². The molecule has 1 heterocycles. The van der Waals surface area contributed by atoms with Gasteiger partial charge < -0.3 is 16.0 Å². The van der Waals surface area contributed by atoms with E-state index in [9.17, 15) is 9.59 Å². The molecule has 1 aliphatic heterocycles. The van der Waals surface area contributed by atoms with Crippen LogP contribution < -0.4 is 16.0 Å². The smallest absolute Gasteiger partial charge is 0.223 e. The lowest BCUT2D eigenvalue weighted by atomic mass is 9.88. The molecule has 1 saturated carbocycles. The summed E-state index contributed by atoms with van der Waals surface area (Å²) in [5.41, 5.74) is 0. The van der Waals surface area contributed by atoms with Crippen LogP contribution in [0.5, 0.6) is 0 Å². The molecule has 5 nitrogen and oxygen atoms in total. The summed E-state index contributed by atoms with van der Waals surface area (Å²) in [6, 6.07) is 0. The predicted octanol–water partition coefficient (Wildman–Crippen LogP) is 1.08. The fourth-order valence-electron chi connectivity index (χ4n) is 2.98. The first kappa shape index (κ1) is 18.2. The van der Waals surface area contributed by atoms with Gasteiger partial charge >= 0.3 is 0 Å². The van der Waals surface area contributed by atoms with Gasteiger partial charge in [0.05, 0.1) is 0 Å². The Morgan fingerprint density at radius 2 is 1.76 bits per heavy atom. The zero-order chi connectivity index (χ0) is 14.4. The number of amides is 2. The number of carbonyl (C=O) groups excluding carboxylic acids is 2. The molecule has 1 unspecified atom stereocenters. The van der Waals surface area contributed by atoms with Gasteiger partial charge in [0, 0.05) is 25.4 Å². The molecule has 2 aliphatic rings. The number of hydrogen-bond acceptors (Lipinski definition) is 3. The summed E-state index contributed by atoms with van der Waals surface area (Å²) in [5, 5.41) is 8.97. The number of hydrogen-bond donors (Lipinski definition) is 3. The zero-order valence-electron chi connectivity index (χ0n) is 12.8. The van der Waals surface area contributed by atoms with Crippen LogP contribution in [0.1, 0.15) is 39.0 Å². The maximum Gasteiger partial charge on any atom is 0.223 e. The molecule has 0 radical (unpaired) electrons. The molecular weight excluding hydrogens is 290 g/mol. The predicted molar refractivity (Wildman–Crippen MR) is 85.4 cm³/mol. The third kappa shape index (κ3) is 5.83. The number of nitrogens with one attached hydrogen (secondary N) is 3. The summed E-state index contributed by atoms with van der Waals surface area (Å²) in [4.78, 5) is 23.6. The van der Waals surface area contributed by atoms with E-state index < -0.39 is 0 Å². The van der Waals surface area contributed by atoms with E-state index in [1.54, 1.807) is 0 Å². The molecule has 1 aliphatic carbocycles. The highest BCUT2D eigenvalue weighted by molar-refractivity contribution is 5.85. The summed E-state index contributed by atoms with van der Waals surface area (Å²) in [6.07, 6.45) is 5.57. The van der Waals surface area contributed by atoms with Crippen LogP contribution in [0.2, 0.25) is 0 Å². The average Bonchev–Trinajstić information content (AvgIpc) is 2.84. The van der Waals surface area contributed by atoms with E-state index >= 15 is 0 Å². The Balaban J connectivity index is 0.00000220. The van der Waals surface area contributed by atoms with E-state index in [-0.39, 0.29) is 30.1 Å². The molecule has 3 N–H and O–H groups in total. The summed E-state index contributed by atoms with van der Waals surface area (Å²) in [5.74, 6) is 1.33.